The molecule has 0 aliphatic rings. The van der Waals surface area contributed by atoms with Crippen LogP contribution in [0, 0.1) is 28.7 Å². The standard InChI is InChI=1S/C26H20BrIN2O4/c1-15-4-3-5-23(16(15)2)30-25(31)20(13-29)10-18-11-21(27)24(22(28)12-18)34-14-17-6-8-19(9-7-17)26(32)33/h3-12H,14H2,1-2H3,(H,30,31)(H,32,33)/b20-10+. The molecular weight excluding hydrogens is 611 g/mol. The smallest absolute Gasteiger partial charge is 0.335 e. The van der Waals surface area contributed by atoms with Crippen LogP contribution < -0.4 is 10.1 Å². The van der Waals surface area contributed by atoms with Crippen molar-refractivity contribution in [1.82, 2.24) is 0 Å². The molecular formula is C26H20BrIN2O4. The van der Waals surface area contributed by atoms with Gasteiger partial charge in [0.15, 0.2) is 0 Å². The molecule has 0 radical (unpaired) electrons. The van der Waals surface area contributed by atoms with E-state index in [9.17, 15) is 14.9 Å². The number of amides is 1. The average Bonchev–Trinajstić information content (AvgIpc) is 2.80. The molecule has 0 aliphatic heterocycles. The minimum atomic E-state index is -0.979. The minimum Gasteiger partial charge on any atom is -0.487 e. The number of hydrogen-bond acceptors (Lipinski definition) is 4. The number of carbonyl (C=O) groups excluding carboxylic acids is 1. The third-order valence-corrected chi connectivity index (χ3v) is 6.52. The normalized spacial score (nSPS) is 11.0. The Morgan fingerprint density at radius 3 is 2.50 bits per heavy atom. The first kappa shape index (κ1) is 25.5. The largest absolute Gasteiger partial charge is 0.487 e. The second kappa shape index (κ2) is 11.3. The number of benzene rings is 3. The number of halogens is 2. The van der Waals surface area contributed by atoms with Gasteiger partial charge < -0.3 is 15.2 Å². The van der Waals surface area contributed by atoms with Crippen molar-refractivity contribution in [3.63, 3.8) is 0 Å². The number of ether oxygens (including phenoxy) is 1. The van der Waals surface area contributed by atoms with E-state index in [4.69, 9.17) is 9.84 Å². The number of rotatable bonds is 7. The molecule has 0 heterocycles. The maximum Gasteiger partial charge on any atom is 0.335 e. The first-order valence-electron chi connectivity index (χ1n) is 10.1. The number of nitrogens with zero attached hydrogens (tertiary/aromatic N) is 1. The highest BCUT2D eigenvalue weighted by Gasteiger charge is 2.14. The summed E-state index contributed by atoms with van der Waals surface area (Å²) in [5, 5.41) is 21.4. The van der Waals surface area contributed by atoms with E-state index in [0.29, 0.717) is 21.5 Å². The summed E-state index contributed by atoms with van der Waals surface area (Å²) >= 11 is 5.63. The van der Waals surface area contributed by atoms with Crippen LogP contribution in [0.1, 0.15) is 32.6 Å². The molecule has 0 saturated heterocycles. The van der Waals surface area contributed by atoms with Crippen molar-refractivity contribution in [1.29, 1.82) is 5.26 Å². The molecule has 0 spiro atoms. The minimum absolute atomic E-state index is 0.0178. The van der Waals surface area contributed by atoms with Crippen molar-refractivity contribution < 1.29 is 19.4 Å². The lowest BCUT2D eigenvalue weighted by Crippen LogP contribution is -2.14. The van der Waals surface area contributed by atoms with Crippen LogP contribution in [0.5, 0.6) is 5.75 Å². The van der Waals surface area contributed by atoms with Crippen LogP contribution in [0.15, 0.2) is 64.6 Å². The van der Waals surface area contributed by atoms with E-state index in [1.165, 1.54) is 18.2 Å². The quantitative estimate of drug-likeness (QED) is 0.177. The van der Waals surface area contributed by atoms with Crippen molar-refractivity contribution >= 4 is 62.2 Å². The zero-order valence-corrected chi connectivity index (χ0v) is 22.1. The summed E-state index contributed by atoms with van der Waals surface area (Å²) in [7, 11) is 0. The fourth-order valence-corrected chi connectivity index (χ4v) is 4.86. The second-order valence-electron chi connectivity index (χ2n) is 7.48. The Kier molecular flexibility index (Phi) is 8.47. The van der Waals surface area contributed by atoms with Crippen molar-refractivity contribution in [3.05, 3.63) is 96.0 Å². The molecule has 0 saturated carbocycles. The topological polar surface area (TPSA) is 99.4 Å². The first-order chi connectivity index (χ1) is 16.2. The lowest BCUT2D eigenvalue weighted by Gasteiger charge is -2.12. The Bertz CT molecular complexity index is 1300. The lowest BCUT2D eigenvalue weighted by molar-refractivity contribution is -0.112. The number of hydrogen-bond donors (Lipinski definition) is 2. The molecule has 0 atom stereocenters. The van der Waals surface area contributed by atoms with Gasteiger partial charge in [-0.1, -0.05) is 24.3 Å². The molecule has 1 amide bonds. The fourth-order valence-electron chi connectivity index (χ4n) is 3.09. The average molecular weight is 631 g/mol. The van der Waals surface area contributed by atoms with Gasteiger partial charge in [0, 0.05) is 5.69 Å². The number of aryl methyl sites for hydroxylation is 1. The summed E-state index contributed by atoms with van der Waals surface area (Å²) in [4.78, 5) is 23.7. The van der Waals surface area contributed by atoms with Gasteiger partial charge in [0.2, 0.25) is 0 Å². The summed E-state index contributed by atoms with van der Waals surface area (Å²) < 4.78 is 7.38. The second-order valence-corrected chi connectivity index (χ2v) is 9.49. The molecule has 0 fully saturated rings. The maximum absolute atomic E-state index is 12.7. The Hall–Kier alpha value is -3.16. The monoisotopic (exact) mass is 630 g/mol. The fraction of sp³-hybridized carbons (Fsp3) is 0.115. The van der Waals surface area contributed by atoms with Crippen molar-refractivity contribution in [2.75, 3.05) is 5.32 Å². The molecule has 172 valence electrons. The molecule has 0 bridgehead atoms. The van der Waals surface area contributed by atoms with Gasteiger partial charge in [0.1, 0.15) is 24.0 Å². The molecule has 3 aromatic carbocycles. The van der Waals surface area contributed by atoms with Crippen LogP contribution in [-0.2, 0) is 11.4 Å². The molecule has 6 nitrogen and oxygen atoms in total. The van der Waals surface area contributed by atoms with Gasteiger partial charge in [-0.15, -0.1) is 0 Å². The molecule has 3 rings (SSSR count). The molecule has 8 heteroatoms. The molecule has 2 N–H and O–H groups in total. The molecule has 0 unspecified atom stereocenters. The molecule has 34 heavy (non-hydrogen) atoms. The van der Waals surface area contributed by atoms with Gasteiger partial charge in [0.05, 0.1) is 13.6 Å². The van der Waals surface area contributed by atoms with E-state index in [1.807, 2.05) is 38.1 Å². The van der Waals surface area contributed by atoms with Gasteiger partial charge in [-0.2, -0.15) is 5.26 Å². The van der Waals surface area contributed by atoms with Gasteiger partial charge in [0.25, 0.3) is 5.91 Å². The summed E-state index contributed by atoms with van der Waals surface area (Å²) in [6.07, 6.45) is 1.53. The van der Waals surface area contributed by atoms with Gasteiger partial charge in [-0.25, -0.2) is 4.79 Å². The predicted octanol–water partition coefficient (Wildman–Crippen LogP) is 6.49. The van der Waals surface area contributed by atoms with Crippen LogP contribution in [0.25, 0.3) is 6.08 Å². The lowest BCUT2D eigenvalue weighted by atomic mass is 10.1. The first-order valence-corrected chi connectivity index (χ1v) is 12.0. The Labute approximate surface area is 219 Å². The maximum atomic E-state index is 12.7. The van der Waals surface area contributed by atoms with E-state index in [1.54, 1.807) is 24.3 Å². The van der Waals surface area contributed by atoms with E-state index in [-0.39, 0.29) is 17.7 Å². The van der Waals surface area contributed by atoms with Crippen molar-refractivity contribution in [3.8, 4) is 11.8 Å². The number of aromatic carboxylic acids is 1. The highest BCUT2D eigenvalue weighted by atomic mass is 127. The third kappa shape index (κ3) is 6.24. The van der Waals surface area contributed by atoms with E-state index < -0.39 is 11.9 Å². The predicted molar refractivity (Wildman–Crippen MR) is 143 cm³/mol. The van der Waals surface area contributed by atoms with Gasteiger partial charge >= 0.3 is 5.97 Å². The van der Waals surface area contributed by atoms with Crippen molar-refractivity contribution in [2.45, 2.75) is 20.5 Å². The highest BCUT2D eigenvalue weighted by Crippen LogP contribution is 2.33. The zero-order valence-electron chi connectivity index (χ0n) is 18.4. The van der Waals surface area contributed by atoms with Crippen LogP contribution in [-0.4, -0.2) is 17.0 Å². The Balaban J connectivity index is 1.76. The number of nitriles is 1. The number of nitrogens with one attached hydrogen (secondary N) is 1. The third-order valence-electron chi connectivity index (χ3n) is 5.13. The van der Waals surface area contributed by atoms with Crippen LogP contribution in [0.4, 0.5) is 5.69 Å². The number of carboxylic acid groups (broad SMARTS) is 1. The summed E-state index contributed by atoms with van der Waals surface area (Å²) in [6, 6.07) is 17.6. The number of carboxylic acids is 1. The molecule has 0 aliphatic carbocycles. The summed E-state index contributed by atoms with van der Waals surface area (Å²) in [5.41, 5.74) is 4.36. The van der Waals surface area contributed by atoms with Crippen LogP contribution in [0.2, 0.25) is 0 Å². The van der Waals surface area contributed by atoms with Gasteiger partial charge in [-0.05, 0) is 111 Å². The van der Waals surface area contributed by atoms with Crippen LogP contribution >= 0.6 is 38.5 Å². The summed E-state index contributed by atoms with van der Waals surface area (Å²) in [5.74, 6) is -0.848. The highest BCUT2D eigenvalue weighted by molar-refractivity contribution is 14.1. The van der Waals surface area contributed by atoms with E-state index in [0.717, 1.165) is 20.3 Å². The number of carbonyl (C=O) groups is 2. The summed E-state index contributed by atoms with van der Waals surface area (Å²) in [6.45, 7) is 4.13. The van der Waals surface area contributed by atoms with E-state index >= 15 is 0 Å². The Morgan fingerprint density at radius 2 is 1.88 bits per heavy atom. The van der Waals surface area contributed by atoms with Crippen LogP contribution in [0.3, 0.4) is 0 Å². The van der Waals surface area contributed by atoms with Crippen molar-refractivity contribution in [2.24, 2.45) is 0 Å². The molecule has 3 aromatic rings. The SMILES string of the molecule is Cc1cccc(NC(=O)/C(C#N)=C/c2cc(Br)c(OCc3ccc(C(=O)O)cc3)c(I)c2)c1C. The zero-order chi connectivity index (χ0) is 24.8. The van der Waals surface area contributed by atoms with E-state index in [2.05, 4.69) is 43.8 Å². The molecule has 0 aromatic heterocycles. The Morgan fingerprint density at radius 1 is 1.18 bits per heavy atom. The number of anilines is 1. The van der Waals surface area contributed by atoms with Gasteiger partial charge in [-0.3, -0.25) is 4.79 Å².